The Morgan fingerprint density at radius 2 is 2.36 bits per heavy atom. The van der Waals surface area contributed by atoms with Crippen LogP contribution in [-0.4, -0.2) is 29.9 Å². The van der Waals surface area contributed by atoms with Crippen molar-refractivity contribution in [3.8, 4) is 0 Å². The van der Waals surface area contributed by atoms with Gasteiger partial charge in [-0.25, -0.2) is 10.4 Å². The Morgan fingerprint density at radius 1 is 1.73 bits per heavy atom. The standard InChI is InChI=1S/C8H16N2O/c1-4-7-5-8(6(2)11)9-10(7)3/h7-9H,4-5H2,1-3H3. The van der Waals surface area contributed by atoms with Crippen molar-refractivity contribution in [2.75, 3.05) is 7.05 Å². The number of carbonyl (C=O) groups excluding carboxylic acids is 1. The van der Waals surface area contributed by atoms with Crippen molar-refractivity contribution < 1.29 is 4.79 Å². The minimum absolute atomic E-state index is 0.0601. The molecule has 3 nitrogen and oxygen atoms in total. The molecule has 1 saturated heterocycles. The average Bonchev–Trinajstić information content (AvgIpc) is 2.31. The first-order valence-electron chi connectivity index (χ1n) is 4.14. The molecule has 0 amide bonds. The topological polar surface area (TPSA) is 32.3 Å². The van der Waals surface area contributed by atoms with Crippen LogP contribution in [0.3, 0.4) is 0 Å². The van der Waals surface area contributed by atoms with E-state index in [0.717, 1.165) is 12.8 Å². The summed E-state index contributed by atoms with van der Waals surface area (Å²) in [6.07, 6.45) is 2.07. The fourth-order valence-corrected chi connectivity index (χ4v) is 1.53. The fourth-order valence-electron chi connectivity index (χ4n) is 1.53. The summed E-state index contributed by atoms with van der Waals surface area (Å²) in [5.74, 6) is 0.243. The number of nitrogens with zero attached hydrogens (tertiary/aromatic N) is 1. The monoisotopic (exact) mass is 156 g/mol. The molecule has 0 aromatic heterocycles. The van der Waals surface area contributed by atoms with E-state index in [1.54, 1.807) is 6.92 Å². The zero-order valence-corrected chi connectivity index (χ0v) is 7.42. The molecule has 1 aliphatic heterocycles. The van der Waals surface area contributed by atoms with E-state index in [1.165, 1.54) is 0 Å². The van der Waals surface area contributed by atoms with Gasteiger partial charge in [0.2, 0.25) is 0 Å². The molecule has 2 atom stereocenters. The normalized spacial score (nSPS) is 32.6. The van der Waals surface area contributed by atoms with E-state index in [0.29, 0.717) is 6.04 Å². The highest BCUT2D eigenvalue weighted by atomic mass is 16.1. The lowest BCUT2D eigenvalue weighted by Crippen LogP contribution is -2.38. The van der Waals surface area contributed by atoms with Crippen molar-refractivity contribution in [2.45, 2.75) is 38.8 Å². The molecule has 1 rings (SSSR count). The van der Waals surface area contributed by atoms with Crippen LogP contribution in [0.25, 0.3) is 0 Å². The first-order valence-corrected chi connectivity index (χ1v) is 4.14. The van der Waals surface area contributed by atoms with Gasteiger partial charge in [-0.1, -0.05) is 6.92 Å². The maximum Gasteiger partial charge on any atom is 0.148 e. The molecule has 1 heterocycles. The molecule has 0 aliphatic carbocycles. The highest BCUT2D eigenvalue weighted by Crippen LogP contribution is 2.15. The van der Waals surface area contributed by atoms with Crippen LogP contribution in [0.15, 0.2) is 0 Å². The molecule has 0 aromatic carbocycles. The van der Waals surface area contributed by atoms with Gasteiger partial charge >= 0.3 is 0 Å². The molecule has 0 bridgehead atoms. The first kappa shape index (κ1) is 8.68. The molecular weight excluding hydrogens is 140 g/mol. The fraction of sp³-hybridized carbons (Fsp3) is 0.875. The van der Waals surface area contributed by atoms with Crippen LogP contribution >= 0.6 is 0 Å². The van der Waals surface area contributed by atoms with Gasteiger partial charge in [0.05, 0.1) is 6.04 Å². The Morgan fingerprint density at radius 3 is 2.64 bits per heavy atom. The minimum Gasteiger partial charge on any atom is -0.298 e. The quantitative estimate of drug-likeness (QED) is 0.634. The van der Waals surface area contributed by atoms with Gasteiger partial charge in [-0.2, -0.15) is 0 Å². The summed E-state index contributed by atoms with van der Waals surface area (Å²) in [7, 11) is 2.00. The van der Waals surface area contributed by atoms with E-state index in [9.17, 15) is 4.79 Å². The number of rotatable bonds is 2. The second-order valence-electron chi connectivity index (χ2n) is 3.20. The molecule has 1 aliphatic rings. The Kier molecular flexibility index (Phi) is 2.62. The Bertz CT molecular complexity index is 158. The number of ketones is 1. The lowest BCUT2D eigenvalue weighted by molar-refractivity contribution is -0.119. The summed E-state index contributed by atoms with van der Waals surface area (Å²) < 4.78 is 0. The van der Waals surface area contributed by atoms with E-state index >= 15 is 0 Å². The van der Waals surface area contributed by atoms with Crippen molar-refractivity contribution in [2.24, 2.45) is 0 Å². The number of carbonyl (C=O) groups is 1. The number of hydrazine groups is 1. The van der Waals surface area contributed by atoms with E-state index in [-0.39, 0.29) is 11.8 Å². The van der Waals surface area contributed by atoms with Gasteiger partial charge in [0.25, 0.3) is 0 Å². The second kappa shape index (κ2) is 3.32. The van der Waals surface area contributed by atoms with Gasteiger partial charge < -0.3 is 0 Å². The van der Waals surface area contributed by atoms with Crippen LogP contribution in [0.4, 0.5) is 0 Å². The zero-order valence-electron chi connectivity index (χ0n) is 7.42. The third kappa shape index (κ3) is 1.79. The van der Waals surface area contributed by atoms with Gasteiger partial charge in [-0.15, -0.1) is 0 Å². The first-order chi connectivity index (χ1) is 5.15. The number of hydrogen-bond acceptors (Lipinski definition) is 3. The van der Waals surface area contributed by atoms with Crippen LogP contribution < -0.4 is 5.43 Å². The maximum atomic E-state index is 11.0. The molecule has 64 valence electrons. The summed E-state index contributed by atoms with van der Waals surface area (Å²) in [5, 5.41) is 2.05. The second-order valence-corrected chi connectivity index (χ2v) is 3.20. The van der Waals surface area contributed by atoms with Crippen molar-refractivity contribution >= 4 is 5.78 Å². The molecule has 2 unspecified atom stereocenters. The number of hydrogen-bond donors (Lipinski definition) is 1. The molecular formula is C8H16N2O. The predicted octanol–water partition coefficient (Wildman–Crippen LogP) is 0.563. The van der Waals surface area contributed by atoms with Gasteiger partial charge in [-0.05, 0) is 19.8 Å². The molecule has 0 saturated carbocycles. The third-order valence-corrected chi connectivity index (χ3v) is 2.38. The Balaban J connectivity index is 2.49. The molecule has 1 N–H and O–H groups in total. The van der Waals surface area contributed by atoms with Crippen LogP contribution in [0.1, 0.15) is 26.7 Å². The van der Waals surface area contributed by atoms with E-state index in [1.807, 2.05) is 12.1 Å². The van der Waals surface area contributed by atoms with Gasteiger partial charge in [0.1, 0.15) is 5.78 Å². The SMILES string of the molecule is CCC1CC(C(C)=O)NN1C. The molecule has 11 heavy (non-hydrogen) atoms. The van der Waals surface area contributed by atoms with Crippen LogP contribution in [0.2, 0.25) is 0 Å². The molecule has 0 radical (unpaired) electrons. The highest BCUT2D eigenvalue weighted by molar-refractivity contribution is 5.81. The zero-order chi connectivity index (χ0) is 8.43. The van der Waals surface area contributed by atoms with Crippen molar-refractivity contribution in [3.63, 3.8) is 0 Å². The molecule has 0 aromatic rings. The highest BCUT2D eigenvalue weighted by Gasteiger charge is 2.29. The number of nitrogens with one attached hydrogen (secondary N) is 1. The van der Waals surface area contributed by atoms with Crippen LogP contribution in [0.5, 0.6) is 0 Å². The molecule has 1 fully saturated rings. The summed E-state index contributed by atoms with van der Waals surface area (Å²) >= 11 is 0. The number of Topliss-reactive ketones (excluding diaryl/α,β-unsaturated/α-hetero) is 1. The smallest absolute Gasteiger partial charge is 0.148 e. The van der Waals surface area contributed by atoms with Crippen LogP contribution in [0, 0.1) is 0 Å². The maximum absolute atomic E-state index is 11.0. The lowest BCUT2D eigenvalue weighted by atomic mass is 10.1. The van der Waals surface area contributed by atoms with Crippen LogP contribution in [-0.2, 0) is 4.79 Å². The Labute approximate surface area is 67.7 Å². The lowest BCUT2D eigenvalue weighted by Gasteiger charge is -2.16. The largest absolute Gasteiger partial charge is 0.298 e. The molecule has 3 heteroatoms. The van der Waals surface area contributed by atoms with E-state index in [4.69, 9.17) is 0 Å². The van der Waals surface area contributed by atoms with E-state index in [2.05, 4.69) is 12.3 Å². The van der Waals surface area contributed by atoms with Gasteiger partial charge in [-0.3, -0.25) is 4.79 Å². The van der Waals surface area contributed by atoms with Crippen molar-refractivity contribution in [3.05, 3.63) is 0 Å². The van der Waals surface area contributed by atoms with Gasteiger partial charge in [0, 0.05) is 13.1 Å². The minimum atomic E-state index is 0.0601. The van der Waals surface area contributed by atoms with Crippen molar-refractivity contribution in [1.82, 2.24) is 10.4 Å². The third-order valence-electron chi connectivity index (χ3n) is 2.38. The van der Waals surface area contributed by atoms with E-state index < -0.39 is 0 Å². The van der Waals surface area contributed by atoms with Gasteiger partial charge in [0.15, 0.2) is 0 Å². The summed E-state index contributed by atoms with van der Waals surface area (Å²) in [4.78, 5) is 11.0. The summed E-state index contributed by atoms with van der Waals surface area (Å²) in [6.45, 7) is 3.79. The summed E-state index contributed by atoms with van der Waals surface area (Å²) in [5.41, 5.74) is 3.14. The Hall–Kier alpha value is -0.410. The predicted molar refractivity (Wildman–Crippen MR) is 44.1 cm³/mol. The summed E-state index contributed by atoms with van der Waals surface area (Å²) in [6, 6.07) is 0.592. The molecule has 0 spiro atoms. The average molecular weight is 156 g/mol. The van der Waals surface area contributed by atoms with Crippen molar-refractivity contribution in [1.29, 1.82) is 0 Å².